The van der Waals surface area contributed by atoms with Crippen molar-refractivity contribution in [3.05, 3.63) is 35.3 Å². The van der Waals surface area contributed by atoms with Gasteiger partial charge in [0, 0.05) is 11.9 Å². The fourth-order valence-electron chi connectivity index (χ4n) is 1.51. The first-order valence-electron chi connectivity index (χ1n) is 4.81. The zero-order valence-corrected chi connectivity index (χ0v) is 8.98. The normalized spacial score (nSPS) is 10.4. The standard InChI is InChI=1S/C11H11N3O2/c1-6-4-3-5-12-8(6)10-13-7(2)9(14-10)11(15)16/h3-5H,1-2H3,(H,13,14)(H,15,16). The number of imidazole rings is 1. The summed E-state index contributed by atoms with van der Waals surface area (Å²) in [7, 11) is 0. The van der Waals surface area contributed by atoms with Gasteiger partial charge in [0.15, 0.2) is 11.5 Å². The van der Waals surface area contributed by atoms with E-state index in [1.807, 2.05) is 19.1 Å². The number of hydrogen-bond acceptors (Lipinski definition) is 3. The summed E-state index contributed by atoms with van der Waals surface area (Å²) in [4.78, 5) is 22.0. The molecule has 0 bridgehead atoms. The molecule has 0 saturated carbocycles. The second-order valence-corrected chi connectivity index (χ2v) is 3.53. The third-order valence-corrected chi connectivity index (χ3v) is 2.32. The Morgan fingerprint density at radius 3 is 2.75 bits per heavy atom. The zero-order chi connectivity index (χ0) is 11.7. The molecule has 2 heterocycles. The predicted molar refractivity (Wildman–Crippen MR) is 58.3 cm³/mol. The second kappa shape index (κ2) is 3.77. The van der Waals surface area contributed by atoms with Gasteiger partial charge in [-0.15, -0.1) is 0 Å². The Morgan fingerprint density at radius 2 is 2.19 bits per heavy atom. The Labute approximate surface area is 92.2 Å². The number of nitrogens with one attached hydrogen (secondary N) is 1. The van der Waals surface area contributed by atoms with Crippen molar-refractivity contribution in [2.45, 2.75) is 13.8 Å². The van der Waals surface area contributed by atoms with Crippen LogP contribution in [0.15, 0.2) is 18.3 Å². The van der Waals surface area contributed by atoms with Crippen molar-refractivity contribution in [3.8, 4) is 11.5 Å². The minimum absolute atomic E-state index is 0.0417. The molecule has 0 radical (unpaired) electrons. The summed E-state index contributed by atoms with van der Waals surface area (Å²) in [6.07, 6.45) is 1.65. The van der Waals surface area contributed by atoms with E-state index in [-0.39, 0.29) is 5.69 Å². The molecule has 2 N–H and O–H groups in total. The van der Waals surface area contributed by atoms with Crippen LogP contribution in [0.5, 0.6) is 0 Å². The van der Waals surface area contributed by atoms with Gasteiger partial charge in [0.2, 0.25) is 0 Å². The SMILES string of the molecule is Cc1cccnc1-c1nc(C(=O)O)c(C)[nH]1. The smallest absolute Gasteiger partial charge is 0.356 e. The van der Waals surface area contributed by atoms with Gasteiger partial charge in [-0.3, -0.25) is 4.98 Å². The van der Waals surface area contributed by atoms with Crippen molar-refractivity contribution < 1.29 is 9.90 Å². The van der Waals surface area contributed by atoms with Gasteiger partial charge >= 0.3 is 5.97 Å². The molecule has 82 valence electrons. The number of pyridine rings is 1. The van der Waals surface area contributed by atoms with Gasteiger partial charge in [0.25, 0.3) is 0 Å². The Kier molecular flexibility index (Phi) is 2.44. The molecular formula is C11H11N3O2. The highest BCUT2D eigenvalue weighted by molar-refractivity contribution is 5.87. The number of H-pyrrole nitrogens is 1. The minimum atomic E-state index is -1.03. The number of aromatic nitrogens is 3. The number of hydrogen-bond donors (Lipinski definition) is 2. The van der Waals surface area contributed by atoms with Gasteiger partial charge in [-0.25, -0.2) is 9.78 Å². The van der Waals surface area contributed by atoms with E-state index in [2.05, 4.69) is 15.0 Å². The summed E-state index contributed by atoms with van der Waals surface area (Å²) in [6, 6.07) is 3.73. The van der Waals surface area contributed by atoms with Crippen LogP contribution in [0.1, 0.15) is 21.7 Å². The zero-order valence-electron chi connectivity index (χ0n) is 8.98. The summed E-state index contributed by atoms with van der Waals surface area (Å²) >= 11 is 0. The summed E-state index contributed by atoms with van der Waals surface area (Å²) in [6.45, 7) is 3.58. The molecule has 0 amide bonds. The van der Waals surface area contributed by atoms with Crippen LogP contribution in [0, 0.1) is 13.8 Å². The largest absolute Gasteiger partial charge is 0.476 e. The molecule has 0 atom stereocenters. The lowest BCUT2D eigenvalue weighted by Gasteiger charge is -1.99. The van der Waals surface area contributed by atoms with Crippen LogP contribution in [-0.4, -0.2) is 26.0 Å². The number of rotatable bonds is 2. The van der Waals surface area contributed by atoms with E-state index in [1.165, 1.54) is 0 Å². The first-order valence-corrected chi connectivity index (χ1v) is 4.81. The van der Waals surface area contributed by atoms with Crippen molar-refractivity contribution in [2.75, 3.05) is 0 Å². The maximum atomic E-state index is 10.8. The van der Waals surface area contributed by atoms with Gasteiger partial charge in [-0.1, -0.05) is 6.07 Å². The van der Waals surface area contributed by atoms with Crippen molar-refractivity contribution in [1.82, 2.24) is 15.0 Å². The Hall–Kier alpha value is -2.17. The molecule has 2 rings (SSSR count). The number of carboxylic acids is 1. The number of nitrogens with zero attached hydrogens (tertiary/aromatic N) is 2. The van der Waals surface area contributed by atoms with E-state index < -0.39 is 5.97 Å². The molecule has 0 unspecified atom stereocenters. The molecule has 2 aromatic heterocycles. The van der Waals surface area contributed by atoms with E-state index in [0.717, 1.165) is 5.56 Å². The van der Waals surface area contributed by atoms with E-state index in [9.17, 15) is 4.79 Å². The van der Waals surface area contributed by atoms with Crippen molar-refractivity contribution >= 4 is 5.97 Å². The fraction of sp³-hybridized carbons (Fsp3) is 0.182. The quantitative estimate of drug-likeness (QED) is 0.803. The minimum Gasteiger partial charge on any atom is -0.476 e. The molecule has 2 aromatic rings. The van der Waals surface area contributed by atoms with Gasteiger partial charge in [0.1, 0.15) is 5.69 Å². The van der Waals surface area contributed by atoms with E-state index in [0.29, 0.717) is 17.2 Å². The summed E-state index contributed by atoms with van der Waals surface area (Å²) in [5.74, 6) is -0.540. The van der Waals surface area contributed by atoms with E-state index in [1.54, 1.807) is 13.1 Å². The third kappa shape index (κ3) is 1.67. The Balaban J connectivity index is 2.54. The number of carbonyl (C=O) groups is 1. The monoisotopic (exact) mass is 217 g/mol. The lowest BCUT2D eigenvalue weighted by atomic mass is 10.2. The highest BCUT2D eigenvalue weighted by Gasteiger charge is 2.15. The summed E-state index contributed by atoms with van der Waals surface area (Å²) in [5.41, 5.74) is 2.21. The topological polar surface area (TPSA) is 78.9 Å². The molecule has 0 spiro atoms. The number of aromatic carboxylic acids is 1. The number of aryl methyl sites for hydroxylation is 2. The molecule has 0 aliphatic carbocycles. The highest BCUT2D eigenvalue weighted by atomic mass is 16.4. The predicted octanol–water partition coefficient (Wildman–Crippen LogP) is 1.79. The van der Waals surface area contributed by atoms with E-state index >= 15 is 0 Å². The van der Waals surface area contributed by atoms with Crippen LogP contribution in [0.4, 0.5) is 0 Å². The Morgan fingerprint density at radius 1 is 1.44 bits per heavy atom. The molecule has 0 aromatic carbocycles. The summed E-state index contributed by atoms with van der Waals surface area (Å²) < 4.78 is 0. The van der Waals surface area contributed by atoms with Crippen LogP contribution in [0.3, 0.4) is 0 Å². The van der Waals surface area contributed by atoms with Gasteiger partial charge in [-0.05, 0) is 25.5 Å². The molecule has 0 saturated heterocycles. The van der Waals surface area contributed by atoms with E-state index in [4.69, 9.17) is 5.11 Å². The van der Waals surface area contributed by atoms with Crippen LogP contribution >= 0.6 is 0 Å². The van der Waals surface area contributed by atoms with Crippen molar-refractivity contribution in [3.63, 3.8) is 0 Å². The van der Waals surface area contributed by atoms with Crippen LogP contribution < -0.4 is 0 Å². The molecule has 16 heavy (non-hydrogen) atoms. The maximum Gasteiger partial charge on any atom is 0.356 e. The number of carboxylic acid groups (broad SMARTS) is 1. The molecule has 5 heteroatoms. The lowest BCUT2D eigenvalue weighted by Crippen LogP contribution is -1.98. The van der Waals surface area contributed by atoms with Gasteiger partial charge in [0.05, 0.1) is 0 Å². The van der Waals surface area contributed by atoms with Crippen molar-refractivity contribution in [2.24, 2.45) is 0 Å². The molecule has 5 nitrogen and oxygen atoms in total. The van der Waals surface area contributed by atoms with Gasteiger partial charge in [-0.2, -0.15) is 0 Å². The maximum absolute atomic E-state index is 10.8. The van der Waals surface area contributed by atoms with Crippen LogP contribution in [0.2, 0.25) is 0 Å². The lowest BCUT2D eigenvalue weighted by molar-refractivity contribution is 0.0690. The molecule has 0 aliphatic rings. The molecule has 0 fully saturated rings. The fourth-order valence-corrected chi connectivity index (χ4v) is 1.51. The molecular weight excluding hydrogens is 206 g/mol. The highest BCUT2D eigenvalue weighted by Crippen LogP contribution is 2.18. The summed E-state index contributed by atoms with van der Waals surface area (Å²) in [5, 5.41) is 8.89. The molecule has 0 aliphatic heterocycles. The third-order valence-electron chi connectivity index (χ3n) is 2.32. The first-order chi connectivity index (χ1) is 7.59. The van der Waals surface area contributed by atoms with Crippen LogP contribution in [-0.2, 0) is 0 Å². The Bertz CT molecular complexity index is 546. The average molecular weight is 217 g/mol. The van der Waals surface area contributed by atoms with Gasteiger partial charge < -0.3 is 10.1 Å². The van der Waals surface area contributed by atoms with Crippen molar-refractivity contribution in [1.29, 1.82) is 0 Å². The number of aromatic amines is 1. The first kappa shape index (κ1) is 10.4. The second-order valence-electron chi connectivity index (χ2n) is 3.53. The van der Waals surface area contributed by atoms with Crippen LogP contribution in [0.25, 0.3) is 11.5 Å². The average Bonchev–Trinajstić information content (AvgIpc) is 2.61.